The molecule has 0 nitrogen and oxygen atoms in total. The monoisotopic (exact) mass is 262 g/mol. The van der Waals surface area contributed by atoms with Crippen LogP contribution in [0.1, 0.15) is 0 Å². The van der Waals surface area contributed by atoms with Gasteiger partial charge < -0.3 is 0 Å². The fourth-order valence-electron chi connectivity index (χ4n) is 0.549. The second kappa shape index (κ2) is 4.34. The lowest BCUT2D eigenvalue weighted by molar-refractivity contribution is -0.114. The normalized spacial score (nSPS) is 14.6. The quantitative estimate of drug-likeness (QED) is 0.485. The molecule has 0 fully saturated rings. The van der Waals surface area contributed by atoms with E-state index in [0.717, 1.165) is 0 Å². The topological polar surface area (TPSA) is 0 Å². The van der Waals surface area contributed by atoms with Crippen LogP contribution in [0.2, 0.25) is 0 Å². The Morgan fingerprint density at radius 3 is 1.19 bits per heavy atom. The summed E-state index contributed by atoms with van der Waals surface area (Å²) < 4.78 is 116. The number of hydrogen-bond donors (Lipinski definition) is 0. The van der Waals surface area contributed by atoms with Crippen molar-refractivity contribution in [1.29, 1.82) is 0 Å². The molecule has 0 aliphatic carbocycles. The molecular weight excluding hydrogens is 262 g/mol. The number of allylic oxidation sites excluding steroid dienone is 3. The zero-order valence-electron chi connectivity index (χ0n) is 6.78. The number of alkyl halides is 6. The van der Waals surface area contributed by atoms with Crippen LogP contribution in [0.15, 0.2) is 23.3 Å². The van der Waals surface area contributed by atoms with Crippen molar-refractivity contribution in [3.63, 3.8) is 0 Å². The van der Waals surface area contributed by atoms with Crippen molar-refractivity contribution in [1.82, 2.24) is 0 Å². The molecule has 10 heteroatoms. The van der Waals surface area contributed by atoms with Gasteiger partial charge in [-0.05, 0) is 0 Å². The van der Waals surface area contributed by atoms with Crippen molar-refractivity contribution in [2.75, 3.05) is 0 Å². The van der Waals surface area contributed by atoms with Crippen molar-refractivity contribution < 1.29 is 43.9 Å². The Morgan fingerprint density at radius 1 is 0.625 bits per heavy atom. The maximum absolute atomic E-state index is 12.2. The van der Waals surface area contributed by atoms with Gasteiger partial charge in [0.2, 0.25) is 5.83 Å². The first-order valence-electron chi connectivity index (χ1n) is 3.14. The molecule has 0 aromatic carbocycles. The highest BCUT2D eigenvalue weighted by molar-refractivity contribution is 5.33. The van der Waals surface area contributed by atoms with E-state index in [4.69, 9.17) is 0 Å². The second-order valence-corrected chi connectivity index (χ2v) is 2.26. The summed E-state index contributed by atoms with van der Waals surface area (Å²) in [7, 11) is 0. The van der Waals surface area contributed by atoms with E-state index in [1.165, 1.54) is 0 Å². The van der Waals surface area contributed by atoms with Crippen molar-refractivity contribution >= 4 is 0 Å². The SMILES string of the molecule is FC(F)=C(C(F)=C(F)C(F)(F)F)C(F)(F)F. The third-order valence-electron chi connectivity index (χ3n) is 1.13. The molecule has 0 N–H and O–H groups in total. The van der Waals surface area contributed by atoms with Gasteiger partial charge in [0, 0.05) is 0 Å². The lowest BCUT2D eigenvalue weighted by Gasteiger charge is -2.10. The van der Waals surface area contributed by atoms with Gasteiger partial charge in [0.1, 0.15) is 0 Å². The highest BCUT2D eigenvalue weighted by Gasteiger charge is 2.47. The molecule has 0 aromatic rings. The van der Waals surface area contributed by atoms with Gasteiger partial charge >= 0.3 is 12.4 Å². The summed E-state index contributed by atoms with van der Waals surface area (Å²) in [6.07, 6.45) is -16.0. The molecule has 0 bridgehead atoms. The molecule has 0 aliphatic rings. The molecule has 0 saturated heterocycles. The summed E-state index contributed by atoms with van der Waals surface area (Å²) in [6.45, 7) is 0. The van der Waals surface area contributed by atoms with Crippen LogP contribution in [0.25, 0.3) is 0 Å². The summed E-state index contributed by atoms with van der Waals surface area (Å²) in [5.41, 5.74) is -3.58. The average molecular weight is 262 g/mol. The van der Waals surface area contributed by atoms with Crippen molar-refractivity contribution in [3.05, 3.63) is 23.3 Å². The van der Waals surface area contributed by atoms with Crippen LogP contribution >= 0.6 is 0 Å². The van der Waals surface area contributed by atoms with E-state index in [1.807, 2.05) is 0 Å². The first kappa shape index (κ1) is 14.8. The molecule has 0 saturated carbocycles. The maximum atomic E-state index is 12.2. The predicted molar refractivity (Wildman–Crippen MR) is 30.6 cm³/mol. The summed E-state index contributed by atoms with van der Waals surface area (Å²) in [4.78, 5) is 0. The summed E-state index contributed by atoms with van der Waals surface area (Å²) in [6, 6.07) is 0. The van der Waals surface area contributed by atoms with E-state index >= 15 is 0 Å². The summed E-state index contributed by atoms with van der Waals surface area (Å²) in [5.74, 6) is -7.56. The molecule has 0 unspecified atom stereocenters. The van der Waals surface area contributed by atoms with E-state index in [0.29, 0.717) is 0 Å². The zero-order chi connectivity index (χ0) is 13.3. The van der Waals surface area contributed by atoms with Gasteiger partial charge in [-0.3, -0.25) is 0 Å². The van der Waals surface area contributed by atoms with Crippen molar-refractivity contribution in [3.8, 4) is 0 Å². The predicted octanol–water partition coefficient (Wildman–Crippen LogP) is 4.41. The average Bonchev–Trinajstić information content (AvgIpc) is 1.97. The second-order valence-electron chi connectivity index (χ2n) is 2.26. The standard InChI is InChI=1S/C6F10/c7-2(3(8)6(14,15)16)1(4(9)10)5(11,12)13. The Morgan fingerprint density at radius 2 is 1.00 bits per heavy atom. The Bertz CT molecular complexity index is 322. The van der Waals surface area contributed by atoms with Crippen molar-refractivity contribution in [2.45, 2.75) is 12.4 Å². The van der Waals surface area contributed by atoms with E-state index in [1.54, 1.807) is 0 Å². The fourth-order valence-corrected chi connectivity index (χ4v) is 0.549. The van der Waals surface area contributed by atoms with Crippen molar-refractivity contribution in [2.24, 2.45) is 0 Å². The van der Waals surface area contributed by atoms with Crippen LogP contribution in [0, 0.1) is 0 Å². The van der Waals surface area contributed by atoms with E-state index in [2.05, 4.69) is 0 Å². The van der Waals surface area contributed by atoms with Crippen LogP contribution in [0.4, 0.5) is 43.9 Å². The van der Waals surface area contributed by atoms with Gasteiger partial charge in [0.05, 0.1) is 0 Å². The molecule has 0 aliphatic heterocycles. The minimum Gasteiger partial charge on any atom is -0.203 e. The Labute approximate surface area is 80.8 Å². The molecule has 94 valence electrons. The molecule has 16 heavy (non-hydrogen) atoms. The highest BCUT2D eigenvalue weighted by atomic mass is 19.4. The van der Waals surface area contributed by atoms with Gasteiger partial charge in [-0.25, -0.2) is 4.39 Å². The van der Waals surface area contributed by atoms with Gasteiger partial charge in [-0.1, -0.05) is 0 Å². The minimum atomic E-state index is -6.13. The zero-order valence-corrected chi connectivity index (χ0v) is 6.78. The van der Waals surface area contributed by atoms with Crippen LogP contribution in [0.3, 0.4) is 0 Å². The lowest BCUT2D eigenvalue weighted by atomic mass is 10.2. The van der Waals surface area contributed by atoms with Crippen LogP contribution in [-0.4, -0.2) is 12.4 Å². The Kier molecular flexibility index (Phi) is 4.01. The third-order valence-corrected chi connectivity index (χ3v) is 1.13. The Hall–Kier alpha value is -1.22. The smallest absolute Gasteiger partial charge is 0.203 e. The first-order valence-corrected chi connectivity index (χ1v) is 3.14. The van der Waals surface area contributed by atoms with Gasteiger partial charge in [0.25, 0.3) is 6.08 Å². The summed E-state index contributed by atoms with van der Waals surface area (Å²) in [5, 5.41) is 0. The van der Waals surface area contributed by atoms with E-state index < -0.39 is 35.7 Å². The van der Waals surface area contributed by atoms with Gasteiger partial charge in [-0.15, -0.1) is 0 Å². The number of rotatable bonds is 1. The fraction of sp³-hybridized carbons (Fsp3) is 0.333. The molecule has 0 atom stereocenters. The van der Waals surface area contributed by atoms with E-state index in [9.17, 15) is 43.9 Å². The van der Waals surface area contributed by atoms with Gasteiger partial charge in [0.15, 0.2) is 11.4 Å². The Balaban J connectivity index is 5.74. The van der Waals surface area contributed by atoms with Crippen LogP contribution in [0.5, 0.6) is 0 Å². The molecule has 0 amide bonds. The molecule has 0 aromatic heterocycles. The van der Waals surface area contributed by atoms with Crippen LogP contribution < -0.4 is 0 Å². The third kappa shape index (κ3) is 3.42. The van der Waals surface area contributed by atoms with Crippen LogP contribution in [-0.2, 0) is 0 Å². The molecule has 0 spiro atoms. The molecular formula is C6F10. The number of hydrogen-bond acceptors (Lipinski definition) is 0. The highest BCUT2D eigenvalue weighted by Crippen LogP contribution is 2.40. The lowest BCUT2D eigenvalue weighted by Crippen LogP contribution is -2.18. The largest absolute Gasteiger partial charge is 0.445 e. The van der Waals surface area contributed by atoms with Gasteiger partial charge in [-0.2, -0.15) is 39.5 Å². The minimum absolute atomic E-state index is 3.58. The molecule has 0 radical (unpaired) electrons. The number of halogens is 10. The van der Waals surface area contributed by atoms with E-state index in [-0.39, 0.29) is 0 Å². The maximum Gasteiger partial charge on any atom is 0.445 e. The summed E-state index contributed by atoms with van der Waals surface area (Å²) >= 11 is 0. The first-order chi connectivity index (χ1) is 6.89. The molecule has 0 heterocycles. The molecule has 0 rings (SSSR count).